The summed E-state index contributed by atoms with van der Waals surface area (Å²) in [5.41, 5.74) is 1.66. The Balaban J connectivity index is 1.22. The normalized spacial score (nSPS) is 19.0. The van der Waals surface area contributed by atoms with Gasteiger partial charge >= 0.3 is 0 Å². The van der Waals surface area contributed by atoms with Crippen molar-refractivity contribution in [3.8, 4) is 11.3 Å². The second-order valence-corrected chi connectivity index (χ2v) is 9.07. The number of imidazole rings is 1. The van der Waals surface area contributed by atoms with E-state index in [1.54, 1.807) is 28.0 Å². The number of fused-ring (bicyclic) bond motifs is 1. The molecule has 0 saturated carbocycles. The van der Waals surface area contributed by atoms with Crippen LogP contribution in [0.2, 0.25) is 0 Å². The first kappa shape index (κ1) is 19.4. The number of amides is 1. The summed E-state index contributed by atoms with van der Waals surface area (Å²) in [6, 6.07) is 6.33. The van der Waals surface area contributed by atoms with Crippen molar-refractivity contribution < 1.29 is 9.18 Å². The molecule has 0 aliphatic carbocycles. The third-order valence-electron chi connectivity index (χ3n) is 6.10. The Kier molecular flexibility index (Phi) is 5.16. The lowest BCUT2D eigenvalue weighted by molar-refractivity contribution is -0.137. The molecule has 1 aromatic carbocycles. The van der Waals surface area contributed by atoms with E-state index in [0.717, 1.165) is 73.5 Å². The minimum Gasteiger partial charge on any atom is -0.347 e. The van der Waals surface area contributed by atoms with Gasteiger partial charge in [-0.25, -0.2) is 13.9 Å². The quantitative estimate of drug-likeness (QED) is 0.642. The van der Waals surface area contributed by atoms with Crippen LogP contribution in [0.15, 0.2) is 30.5 Å². The van der Waals surface area contributed by atoms with E-state index in [4.69, 9.17) is 5.10 Å². The third kappa shape index (κ3) is 3.79. The minimum atomic E-state index is -0.255. The van der Waals surface area contributed by atoms with Crippen LogP contribution in [-0.4, -0.2) is 76.6 Å². The molecule has 2 aliphatic heterocycles. The number of likely N-dealkylation sites (N-methyl/N-ethyl adjacent to an activating group) is 1. The summed E-state index contributed by atoms with van der Waals surface area (Å²) in [5, 5.41) is 5.63. The number of piperazine rings is 1. The third-order valence-corrected chi connectivity index (χ3v) is 7.09. The topological polar surface area (TPSA) is 57.0 Å². The van der Waals surface area contributed by atoms with E-state index in [0.29, 0.717) is 5.91 Å². The van der Waals surface area contributed by atoms with Gasteiger partial charge in [-0.3, -0.25) is 4.79 Å². The van der Waals surface area contributed by atoms with Gasteiger partial charge in [-0.05, 0) is 44.2 Å². The molecule has 158 valence electrons. The smallest absolute Gasteiger partial charge is 0.225 e. The zero-order chi connectivity index (χ0) is 20.7. The number of hydrogen-bond donors (Lipinski definition) is 0. The van der Waals surface area contributed by atoms with E-state index in [1.807, 2.05) is 11.1 Å². The van der Waals surface area contributed by atoms with Crippen LogP contribution in [0, 0.1) is 11.7 Å². The molecule has 3 aromatic rings. The molecule has 0 bridgehead atoms. The lowest BCUT2D eigenvalue weighted by Gasteiger charge is -2.37. The maximum Gasteiger partial charge on any atom is 0.225 e. The van der Waals surface area contributed by atoms with E-state index in [2.05, 4.69) is 21.8 Å². The fourth-order valence-electron chi connectivity index (χ4n) is 4.18. The van der Waals surface area contributed by atoms with Gasteiger partial charge in [0.25, 0.3) is 0 Å². The molecule has 0 N–H and O–H groups in total. The first-order valence-corrected chi connectivity index (χ1v) is 11.2. The Morgan fingerprint density at radius 3 is 2.43 bits per heavy atom. The predicted molar refractivity (Wildman–Crippen MR) is 115 cm³/mol. The molecule has 0 unspecified atom stereocenters. The average molecular weight is 429 g/mol. The zero-order valence-electron chi connectivity index (χ0n) is 17.0. The number of benzene rings is 1. The van der Waals surface area contributed by atoms with E-state index in [9.17, 15) is 9.18 Å². The van der Waals surface area contributed by atoms with Gasteiger partial charge in [0.05, 0.1) is 11.9 Å². The van der Waals surface area contributed by atoms with Crippen molar-refractivity contribution in [3.05, 3.63) is 36.3 Å². The van der Waals surface area contributed by atoms with Gasteiger partial charge in [0.1, 0.15) is 5.82 Å². The summed E-state index contributed by atoms with van der Waals surface area (Å²) in [4.78, 5) is 24.9. The van der Waals surface area contributed by atoms with Crippen LogP contribution >= 0.6 is 11.3 Å². The first-order chi connectivity index (χ1) is 14.6. The van der Waals surface area contributed by atoms with Crippen LogP contribution in [0.4, 0.5) is 9.52 Å². The van der Waals surface area contributed by atoms with Gasteiger partial charge in [-0.15, -0.1) is 5.10 Å². The second kappa shape index (κ2) is 7.96. The Morgan fingerprint density at radius 1 is 1.07 bits per heavy atom. The number of hydrogen-bond acceptors (Lipinski definition) is 6. The summed E-state index contributed by atoms with van der Waals surface area (Å²) in [5.74, 6) is 0.189. The van der Waals surface area contributed by atoms with Gasteiger partial charge in [-0.1, -0.05) is 11.3 Å². The van der Waals surface area contributed by atoms with Gasteiger partial charge in [-0.2, -0.15) is 0 Å². The largest absolute Gasteiger partial charge is 0.347 e. The van der Waals surface area contributed by atoms with Crippen LogP contribution in [0.3, 0.4) is 0 Å². The number of anilines is 1. The van der Waals surface area contributed by atoms with Gasteiger partial charge in [0, 0.05) is 50.7 Å². The summed E-state index contributed by atoms with van der Waals surface area (Å²) in [6.45, 7) is 5.29. The van der Waals surface area contributed by atoms with E-state index in [1.165, 1.54) is 12.1 Å². The average Bonchev–Trinajstić information content (AvgIpc) is 3.34. The molecular formula is C21H25FN6OS. The van der Waals surface area contributed by atoms with Crippen molar-refractivity contribution >= 4 is 27.3 Å². The molecule has 0 atom stereocenters. The molecule has 2 saturated heterocycles. The monoisotopic (exact) mass is 428 g/mol. The SMILES string of the molecule is CN1CCN(C(=O)C2CCN(c3nn4cc(-c5ccc(F)cc5)nc4s3)CC2)CC1. The standard InChI is InChI=1S/C21H25FN6OS/c1-25-10-12-26(13-11-25)19(29)16-6-8-27(9-7-16)21-24-28-14-18(23-20(28)30-21)15-2-4-17(22)5-3-15/h2-5,14,16H,6-13H2,1H3. The number of piperidine rings is 1. The van der Waals surface area contributed by atoms with Crippen LogP contribution < -0.4 is 4.90 Å². The summed E-state index contributed by atoms with van der Waals surface area (Å²) in [6.07, 6.45) is 3.62. The molecule has 2 aromatic heterocycles. The van der Waals surface area contributed by atoms with Crippen molar-refractivity contribution in [2.24, 2.45) is 5.92 Å². The number of rotatable bonds is 3. The molecule has 9 heteroatoms. The van der Waals surface area contributed by atoms with Crippen molar-refractivity contribution in [1.82, 2.24) is 24.4 Å². The summed E-state index contributed by atoms with van der Waals surface area (Å²) < 4.78 is 14.9. The lowest BCUT2D eigenvalue weighted by Crippen LogP contribution is -2.50. The Bertz CT molecular complexity index is 1000. The highest BCUT2D eigenvalue weighted by molar-refractivity contribution is 7.20. The second-order valence-electron chi connectivity index (χ2n) is 8.13. The molecule has 7 nitrogen and oxygen atoms in total. The summed E-state index contributed by atoms with van der Waals surface area (Å²) in [7, 11) is 2.10. The van der Waals surface area contributed by atoms with E-state index in [-0.39, 0.29) is 11.7 Å². The predicted octanol–water partition coefficient (Wildman–Crippen LogP) is 2.59. The van der Waals surface area contributed by atoms with Gasteiger partial charge in [0.2, 0.25) is 16.0 Å². The fourth-order valence-corrected chi connectivity index (χ4v) is 5.11. The van der Waals surface area contributed by atoms with Gasteiger partial charge < -0.3 is 14.7 Å². The highest BCUT2D eigenvalue weighted by atomic mass is 32.1. The lowest BCUT2D eigenvalue weighted by atomic mass is 9.95. The van der Waals surface area contributed by atoms with Crippen LogP contribution in [0.5, 0.6) is 0 Å². The molecule has 2 fully saturated rings. The highest BCUT2D eigenvalue weighted by Crippen LogP contribution is 2.30. The van der Waals surface area contributed by atoms with Crippen LogP contribution in [0.1, 0.15) is 12.8 Å². The van der Waals surface area contributed by atoms with Crippen LogP contribution in [-0.2, 0) is 4.79 Å². The summed E-state index contributed by atoms with van der Waals surface area (Å²) >= 11 is 1.55. The van der Waals surface area contributed by atoms with Crippen LogP contribution in [0.25, 0.3) is 16.2 Å². The Hall–Kier alpha value is -2.52. The molecule has 30 heavy (non-hydrogen) atoms. The fraction of sp³-hybridized carbons (Fsp3) is 0.476. The molecule has 5 rings (SSSR count). The molecule has 2 aliphatic rings. The van der Waals surface area contributed by atoms with E-state index < -0.39 is 0 Å². The zero-order valence-corrected chi connectivity index (χ0v) is 17.8. The molecule has 0 radical (unpaired) electrons. The Morgan fingerprint density at radius 2 is 1.77 bits per heavy atom. The number of aromatic nitrogens is 3. The molecule has 4 heterocycles. The maximum atomic E-state index is 13.1. The van der Waals surface area contributed by atoms with Crippen molar-refractivity contribution in [1.29, 1.82) is 0 Å². The maximum absolute atomic E-state index is 13.1. The number of carbonyl (C=O) groups excluding carboxylic acids is 1. The Labute approximate surface area is 178 Å². The minimum absolute atomic E-state index is 0.124. The van der Waals surface area contributed by atoms with Crippen molar-refractivity contribution in [3.63, 3.8) is 0 Å². The molecule has 1 amide bonds. The number of halogens is 1. The van der Waals surface area contributed by atoms with Crippen molar-refractivity contribution in [2.75, 3.05) is 51.2 Å². The van der Waals surface area contributed by atoms with Crippen molar-refractivity contribution in [2.45, 2.75) is 12.8 Å². The number of carbonyl (C=O) groups is 1. The molecular weight excluding hydrogens is 403 g/mol. The molecule has 0 spiro atoms. The van der Waals surface area contributed by atoms with Gasteiger partial charge in [0.15, 0.2) is 0 Å². The highest BCUT2D eigenvalue weighted by Gasteiger charge is 2.31. The number of nitrogens with zero attached hydrogens (tertiary/aromatic N) is 6. The first-order valence-electron chi connectivity index (χ1n) is 10.4. The van der Waals surface area contributed by atoms with E-state index >= 15 is 0 Å².